The molecule has 2 aromatic carbocycles. The molecule has 17 heteroatoms. The van der Waals surface area contributed by atoms with Gasteiger partial charge in [-0.15, -0.1) is 11.3 Å². The number of imide groups is 2. The van der Waals surface area contributed by atoms with Gasteiger partial charge < -0.3 is 33.3 Å². The lowest BCUT2D eigenvalue weighted by Crippen LogP contribution is -2.54. The fraction of sp³-hybridized carbons (Fsp3) is 0.400. The molecule has 2 aliphatic rings. The quantitative estimate of drug-likeness (QED) is 0.0648. The van der Waals surface area contributed by atoms with Crippen molar-refractivity contribution in [2.24, 2.45) is 0 Å². The van der Waals surface area contributed by atoms with E-state index in [2.05, 4.69) is 51.6 Å². The number of hydrogen-bond donors (Lipinski definition) is 1. The highest BCUT2D eigenvalue weighted by molar-refractivity contribution is 7.21. The van der Waals surface area contributed by atoms with Crippen LogP contribution in [0.3, 0.4) is 0 Å². The number of nitrogens with one attached hydrogen (secondary N) is 1. The zero-order valence-electron chi connectivity index (χ0n) is 34.8. The first kappa shape index (κ1) is 44.4. The molecule has 62 heavy (non-hydrogen) atoms. The first-order chi connectivity index (χ1) is 30.2. The second-order valence-electron chi connectivity index (χ2n) is 14.7. The largest absolute Gasteiger partial charge is 0.491 e. The molecule has 1 atom stereocenters. The molecule has 1 saturated heterocycles. The summed E-state index contributed by atoms with van der Waals surface area (Å²) in [5, 5.41) is 3.09. The summed E-state index contributed by atoms with van der Waals surface area (Å²) in [6.07, 6.45) is 5.62. The summed E-state index contributed by atoms with van der Waals surface area (Å²) in [5.74, 6) is -1.82. The number of thiazole rings is 1. The summed E-state index contributed by atoms with van der Waals surface area (Å²) in [4.78, 5) is 66.7. The summed E-state index contributed by atoms with van der Waals surface area (Å²) >= 11 is 1.65. The highest BCUT2D eigenvalue weighted by Gasteiger charge is 2.44. The van der Waals surface area contributed by atoms with Crippen LogP contribution in [0.4, 0.5) is 5.69 Å². The zero-order chi connectivity index (χ0) is 43.3. The van der Waals surface area contributed by atoms with Crippen molar-refractivity contribution in [1.82, 2.24) is 25.2 Å². The predicted molar refractivity (Wildman–Crippen MR) is 231 cm³/mol. The average Bonchev–Trinajstić information content (AvgIpc) is 3.82. The number of piperidine rings is 1. The van der Waals surface area contributed by atoms with Crippen LogP contribution in [-0.4, -0.2) is 136 Å². The maximum absolute atomic E-state index is 13.0. The second-order valence-corrected chi connectivity index (χ2v) is 15.7. The van der Waals surface area contributed by atoms with E-state index in [4.69, 9.17) is 38.4 Å². The molecular formula is C45H50N6O10S. The molecule has 0 aliphatic carbocycles. The van der Waals surface area contributed by atoms with Crippen molar-refractivity contribution in [3.8, 4) is 27.6 Å². The Hall–Kier alpha value is -5.69. The standard InChI is InChI=1S/C45H50N6O10S/c1-50(2)33-8-12-37-40(26-33)62-43(48-37)38-11-6-31(29-47-38)30-5-7-32(46-28-30)4-3-15-56-16-17-57-18-19-58-20-21-59-22-23-60-24-25-61-34-9-10-35-36(27-34)45(55)51(44(35)54)39-13-14-41(52)49-42(39)53/h5-12,26-29,39H,3-4,13-25H2,1-2H3,(H,49,52,53). The molecule has 0 radical (unpaired) electrons. The maximum atomic E-state index is 13.0. The van der Waals surface area contributed by atoms with Gasteiger partial charge in [0.15, 0.2) is 0 Å². The fourth-order valence-corrected chi connectivity index (χ4v) is 7.81. The lowest BCUT2D eigenvalue weighted by molar-refractivity contribution is -0.136. The first-order valence-corrected chi connectivity index (χ1v) is 21.4. The first-order valence-electron chi connectivity index (χ1n) is 20.6. The van der Waals surface area contributed by atoms with Gasteiger partial charge in [-0.25, -0.2) is 4.98 Å². The Morgan fingerprint density at radius 3 is 1.98 bits per heavy atom. The number of carbonyl (C=O) groups excluding carboxylic acids is 4. The lowest BCUT2D eigenvalue weighted by atomic mass is 10.0. The molecule has 1 fully saturated rings. The minimum absolute atomic E-state index is 0.0619. The van der Waals surface area contributed by atoms with Crippen molar-refractivity contribution in [2.45, 2.75) is 31.7 Å². The minimum Gasteiger partial charge on any atom is -0.491 e. The SMILES string of the molecule is CN(C)c1ccc2nc(-c3ccc(-c4ccc(CCCOCCOCCOCCOCCOCCOc5ccc6c(c5)C(=O)N(C5CCC(=O)NC5=O)C6=O)nc4)cn3)sc2c1. The molecule has 1 unspecified atom stereocenters. The summed E-state index contributed by atoms with van der Waals surface area (Å²) < 4.78 is 34.8. The lowest BCUT2D eigenvalue weighted by Gasteiger charge is -2.27. The van der Waals surface area contributed by atoms with Gasteiger partial charge >= 0.3 is 0 Å². The highest BCUT2D eigenvalue weighted by Crippen LogP contribution is 2.33. The van der Waals surface area contributed by atoms with Crippen molar-refractivity contribution in [3.63, 3.8) is 0 Å². The molecule has 1 N–H and O–H groups in total. The summed E-state index contributed by atoms with van der Waals surface area (Å²) in [6, 6.07) is 18.1. The van der Waals surface area contributed by atoms with Crippen molar-refractivity contribution >= 4 is 50.9 Å². The van der Waals surface area contributed by atoms with Gasteiger partial charge in [-0.05, 0) is 67.8 Å². The van der Waals surface area contributed by atoms with Crippen LogP contribution in [0.5, 0.6) is 5.75 Å². The van der Waals surface area contributed by atoms with Crippen molar-refractivity contribution in [2.75, 3.05) is 91.7 Å². The number of rotatable bonds is 24. The van der Waals surface area contributed by atoms with E-state index in [0.29, 0.717) is 71.8 Å². The molecule has 5 aromatic rings. The van der Waals surface area contributed by atoms with Gasteiger partial charge in [0.1, 0.15) is 23.4 Å². The molecule has 0 saturated carbocycles. The van der Waals surface area contributed by atoms with E-state index >= 15 is 0 Å². The van der Waals surface area contributed by atoms with Gasteiger partial charge in [0.05, 0.1) is 86.5 Å². The van der Waals surface area contributed by atoms with Crippen LogP contribution in [0.15, 0.2) is 73.1 Å². The van der Waals surface area contributed by atoms with Crippen molar-refractivity contribution in [3.05, 3.63) is 89.9 Å². The fourth-order valence-electron chi connectivity index (χ4n) is 6.83. The maximum Gasteiger partial charge on any atom is 0.262 e. The van der Waals surface area contributed by atoms with Crippen LogP contribution in [0.1, 0.15) is 45.7 Å². The minimum atomic E-state index is -1.01. The van der Waals surface area contributed by atoms with Gasteiger partial charge in [0.25, 0.3) is 11.8 Å². The summed E-state index contributed by atoms with van der Waals surface area (Å²) in [5.41, 5.74) is 6.38. The van der Waals surface area contributed by atoms with Gasteiger partial charge in [0, 0.05) is 62.0 Å². The van der Waals surface area contributed by atoms with Gasteiger partial charge in [-0.1, -0.05) is 12.1 Å². The van der Waals surface area contributed by atoms with Gasteiger partial charge in [-0.3, -0.25) is 39.4 Å². The molecule has 326 valence electrons. The number of ether oxygens (including phenoxy) is 6. The number of nitrogens with zero attached hydrogens (tertiary/aromatic N) is 5. The van der Waals surface area contributed by atoms with E-state index in [-0.39, 0.29) is 30.6 Å². The molecule has 4 amide bonds. The number of pyridine rings is 2. The molecular weight excluding hydrogens is 817 g/mol. The molecule has 5 heterocycles. The van der Waals surface area contributed by atoms with Crippen LogP contribution in [-0.2, 0) is 39.7 Å². The van der Waals surface area contributed by atoms with Crippen LogP contribution < -0.4 is 15.0 Å². The van der Waals surface area contributed by atoms with Gasteiger partial charge in [-0.2, -0.15) is 0 Å². The zero-order valence-corrected chi connectivity index (χ0v) is 35.7. The predicted octanol–water partition coefficient (Wildman–Crippen LogP) is 4.98. The number of carbonyl (C=O) groups is 4. The number of fused-ring (bicyclic) bond motifs is 2. The van der Waals surface area contributed by atoms with Crippen LogP contribution in [0.25, 0.3) is 32.0 Å². The molecule has 0 bridgehead atoms. The van der Waals surface area contributed by atoms with E-state index in [1.54, 1.807) is 17.4 Å². The molecule has 3 aromatic heterocycles. The van der Waals surface area contributed by atoms with Crippen molar-refractivity contribution < 1.29 is 47.6 Å². The topological polar surface area (TPSA) is 181 Å². The third kappa shape index (κ3) is 11.6. The Morgan fingerprint density at radius 1 is 0.710 bits per heavy atom. The summed E-state index contributed by atoms with van der Waals surface area (Å²) in [7, 11) is 4.07. The van der Waals surface area contributed by atoms with E-state index in [9.17, 15) is 19.2 Å². The van der Waals surface area contributed by atoms with Crippen LogP contribution >= 0.6 is 11.3 Å². The monoisotopic (exact) mass is 866 g/mol. The number of aryl methyl sites for hydroxylation is 1. The number of anilines is 1. The average molecular weight is 867 g/mol. The molecule has 2 aliphatic heterocycles. The number of aromatic nitrogens is 3. The Kier molecular flexibility index (Phi) is 15.7. The Balaban J connectivity index is 0.656. The number of hydrogen-bond acceptors (Lipinski definition) is 15. The number of benzene rings is 2. The van der Waals surface area contributed by atoms with E-state index in [0.717, 1.165) is 61.2 Å². The highest BCUT2D eigenvalue weighted by atomic mass is 32.1. The third-order valence-corrected chi connectivity index (χ3v) is 11.2. The smallest absolute Gasteiger partial charge is 0.262 e. The summed E-state index contributed by atoms with van der Waals surface area (Å²) in [6.45, 7) is 4.68. The van der Waals surface area contributed by atoms with Crippen LogP contribution in [0, 0.1) is 0 Å². The van der Waals surface area contributed by atoms with Gasteiger partial charge in [0.2, 0.25) is 11.8 Å². The van der Waals surface area contributed by atoms with E-state index in [1.165, 1.54) is 12.1 Å². The molecule has 16 nitrogen and oxygen atoms in total. The third-order valence-electron chi connectivity index (χ3n) is 10.1. The number of amides is 4. The molecule has 7 rings (SSSR count). The van der Waals surface area contributed by atoms with E-state index < -0.39 is 29.7 Å². The second kappa shape index (κ2) is 21.9. The Bertz CT molecular complexity index is 2320. The normalized spacial score (nSPS) is 15.1. The molecule has 0 spiro atoms. The Morgan fingerprint density at radius 2 is 1.35 bits per heavy atom. The van der Waals surface area contributed by atoms with Crippen molar-refractivity contribution in [1.29, 1.82) is 0 Å². The van der Waals surface area contributed by atoms with Crippen LogP contribution in [0.2, 0.25) is 0 Å². The Labute approximate surface area is 363 Å². The van der Waals surface area contributed by atoms with E-state index in [1.807, 2.05) is 32.6 Å².